The summed E-state index contributed by atoms with van der Waals surface area (Å²) in [4.78, 5) is 24.6. The van der Waals surface area contributed by atoms with E-state index in [2.05, 4.69) is 11.3 Å². The summed E-state index contributed by atoms with van der Waals surface area (Å²) < 4.78 is 4.56. The molecule has 1 fully saturated rings. The van der Waals surface area contributed by atoms with E-state index < -0.39 is 0 Å². The third kappa shape index (κ3) is 3.36. The van der Waals surface area contributed by atoms with Gasteiger partial charge in [0.05, 0.1) is 13.5 Å². The van der Waals surface area contributed by atoms with Gasteiger partial charge in [-0.25, -0.2) is 0 Å². The van der Waals surface area contributed by atoms with Crippen LogP contribution in [-0.4, -0.2) is 37.0 Å². The van der Waals surface area contributed by atoms with E-state index in [1.807, 2.05) is 0 Å². The number of amides is 1. The molecule has 16 heavy (non-hydrogen) atoms. The molecule has 0 aromatic carbocycles. The predicted octanol–water partition coefficient (Wildman–Crippen LogP) is 1.36. The summed E-state index contributed by atoms with van der Waals surface area (Å²) in [6.07, 6.45) is 5.03. The lowest BCUT2D eigenvalue weighted by Gasteiger charge is -2.30. The molecule has 0 saturated heterocycles. The van der Waals surface area contributed by atoms with Crippen LogP contribution < -0.4 is 0 Å². The molecule has 0 spiro atoms. The fraction of sp³-hybridized carbons (Fsp3) is 0.667. The zero-order chi connectivity index (χ0) is 12.0. The van der Waals surface area contributed by atoms with Gasteiger partial charge in [0.15, 0.2) is 0 Å². The minimum Gasteiger partial charge on any atom is -0.469 e. The highest BCUT2D eigenvalue weighted by Gasteiger charge is 2.28. The second-order valence-electron chi connectivity index (χ2n) is 4.03. The molecule has 1 aliphatic carbocycles. The van der Waals surface area contributed by atoms with Gasteiger partial charge in [0.2, 0.25) is 5.91 Å². The summed E-state index contributed by atoms with van der Waals surface area (Å²) >= 11 is 0. The second kappa shape index (κ2) is 6.30. The van der Waals surface area contributed by atoms with Crippen molar-refractivity contribution in [1.82, 2.24) is 4.90 Å². The van der Waals surface area contributed by atoms with Crippen molar-refractivity contribution < 1.29 is 14.3 Å². The second-order valence-corrected chi connectivity index (χ2v) is 4.03. The Hall–Kier alpha value is -1.32. The fourth-order valence-corrected chi connectivity index (χ4v) is 1.69. The zero-order valence-electron chi connectivity index (χ0n) is 9.78. The number of ether oxygens (including phenoxy) is 1. The van der Waals surface area contributed by atoms with Crippen LogP contribution in [0.2, 0.25) is 0 Å². The smallest absolute Gasteiger partial charge is 0.307 e. The molecular formula is C12H19NO3. The van der Waals surface area contributed by atoms with Gasteiger partial charge in [-0.05, 0) is 12.8 Å². The zero-order valence-corrected chi connectivity index (χ0v) is 9.78. The minimum atomic E-state index is -0.282. The molecule has 0 radical (unpaired) electrons. The molecule has 1 rings (SSSR count). The first-order valence-corrected chi connectivity index (χ1v) is 5.65. The largest absolute Gasteiger partial charge is 0.469 e. The maximum absolute atomic E-state index is 11.9. The van der Waals surface area contributed by atoms with E-state index in [-0.39, 0.29) is 24.2 Å². The number of hydrogen-bond acceptors (Lipinski definition) is 3. The van der Waals surface area contributed by atoms with Crippen LogP contribution in [0, 0.1) is 5.92 Å². The van der Waals surface area contributed by atoms with Gasteiger partial charge in [-0.15, -0.1) is 6.58 Å². The Morgan fingerprint density at radius 2 is 2.19 bits per heavy atom. The van der Waals surface area contributed by atoms with E-state index in [1.165, 1.54) is 7.11 Å². The molecule has 0 aliphatic heterocycles. The first-order chi connectivity index (χ1) is 7.69. The minimum absolute atomic E-state index is 0.148. The molecule has 90 valence electrons. The van der Waals surface area contributed by atoms with Gasteiger partial charge in [0.1, 0.15) is 0 Å². The number of carbonyl (C=O) groups excluding carboxylic acids is 2. The number of hydrogen-bond donors (Lipinski definition) is 0. The molecule has 0 N–H and O–H groups in total. The van der Waals surface area contributed by atoms with Crippen LogP contribution in [0.3, 0.4) is 0 Å². The van der Waals surface area contributed by atoms with Crippen LogP contribution in [0.1, 0.15) is 25.7 Å². The number of methoxy groups -OCH3 is 1. The number of rotatable bonds is 6. The van der Waals surface area contributed by atoms with Crippen molar-refractivity contribution in [3.63, 3.8) is 0 Å². The third-order valence-electron chi connectivity index (χ3n) is 2.93. The lowest BCUT2D eigenvalue weighted by molar-refractivity contribution is -0.142. The van der Waals surface area contributed by atoms with Crippen molar-refractivity contribution in [1.29, 1.82) is 0 Å². The van der Waals surface area contributed by atoms with E-state index in [0.717, 1.165) is 19.3 Å². The number of carbonyl (C=O) groups is 2. The van der Waals surface area contributed by atoms with Crippen LogP contribution in [0.5, 0.6) is 0 Å². The van der Waals surface area contributed by atoms with Gasteiger partial charge < -0.3 is 9.64 Å². The fourth-order valence-electron chi connectivity index (χ4n) is 1.69. The van der Waals surface area contributed by atoms with Gasteiger partial charge in [-0.3, -0.25) is 9.59 Å². The molecule has 4 nitrogen and oxygen atoms in total. The standard InChI is InChI=1S/C12H19NO3/c1-3-8-13(9-7-11(14)16-2)12(15)10-5-4-6-10/h3,10H,1,4-9H2,2H3. The Labute approximate surface area is 96.3 Å². The number of esters is 1. The molecule has 1 amide bonds. The summed E-state index contributed by atoms with van der Waals surface area (Å²) in [7, 11) is 1.36. The molecule has 0 unspecified atom stereocenters. The molecule has 0 aromatic heterocycles. The molecule has 0 bridgehead atoms. The normalized spacial score (nSPS) is 15.1. The van der Waals surface area contributed by atoms with Crippen molar-refractivity contribution >= 4 is 11.9 Å². The summed E-state index contributed by atoms with van der Waals surface area (Å²) in [5, 5.41) is 0. The summed E-state index contributed by atoms with van der Waals surface area (Å²) in [5.74, 6) is 0.0307. The quantitative estimate of drug-likeness (QED) is 0.506. The highest BCUT2D eigenvalue weighted by atomic mass is 16.5. The number of nitrogens with zero attached hydrogens (tertiary/aromatic N) is 1. The maximum Gasteiger partial charge on any atom is 0.307 e. The monoisotopic (exact) mass is 225 g/mol. The highest BCUT2D eigenvalue weighted by Crippen LogP contribution is 2.28. The molecule has 0 heterocycles. The maximum atomic E-state index is 11.9. The van der Waals surface area contributed by atoms with Crippen LogP contribution in [-0.2, 0) is 14.3 Å². The lowest BCUT2D eigenvalue weighted by Crippen LogP contribution is -2.40. The molecule has 4 heteroatoms. The van der Waals surface area contributed by atoms with Crippen molar-refractivity contribution in [2.24, 2.45) is 5.92 Å². The average molecular weight is 225 g/mol. The van der Waals surface area contributed by atoms with E-state index in [1.54, 1.807) is 11.0 Å². The topological polar surface area (TPSA) is 46.6 Å². The van der Waals surface area contributed by atoms with E-state index in [4.69, 9.17) is 0 Å². The Kier molecular flexibility index (Phi) is 5.02. The molecule has 1 aliphatic rings. The Morgan fingerprint density at radius 3 is 2.62 bits per heavy atom. The third-order valence-corrected chi connectivity index (χ3v) is 2.93. The average Bonchev–Trinajstić information content (AvgIpc) is 2.21. The van der Waals surface area contributed by atoms with Crippen molar-refractivity contribution in [3.05, 3.63) is 12.7 Å². The lowest BCUT2D eigenvalue weighted by atomic mass is 9.84. The Balaban J connectivity index is 2.42. The van der Waals surface area contributed by atoms with Gasteiger partial charge in [-0.2, -0.15) is 0 Å². The Bertz CT molecular complexity index is 271. The summed E-state index contributed by atoms with van der Waals surface area (Å²) in [5.41, 5.74) is 0. The van der Waals surface area contributed by atoms with E-state index in [0.29, 0.717) is 13.1 Å². The van der Waals surface area contributed by atoms with E-state index in [9.17, 15) is 9.59 Å². The van der Waals surface area contributed by atoms with Gasteiger partial charge in [-0.1, -0.05) is 12.5 Å². The molecular weight excluding hydrogens is 206 g/mol. The first kappa shape index (κ1) is 12.7. The van der Waals surface area contributed by atoms with E-state index >= 15 is 0 Å². The molecule has 0 aromatic rings. The first-order valence-electron chi connectivity index (χ1n) is 5.65. The highest BCUT2D eigenvalue weighted by molar-refractivity contribution is 5.80. The predicted molar refractivity (Wildman–Crippen MR) is 60.8 cm³/mol. The van der Waals surface area contributed by atoms with Crippen LogP contribution in [0.25, 0.3) is 0 Å². The van der Waals surface area contributed by atoms with Crippen LogP contribution in [0.4, 0.5) is 0 Å². The van der Waals surface area contributed by atoms with Crippen molar-refractivity contribution in [3.8, 4) is 0 Å². The molecule has 1 saturated carbocycles. The van der Waals surface area contributed by atoms with Crippen LogP contribution >= 0.6 is 0 Å². The van der Waals surface area contributed by atoms with Gasteiger partial charge >= 0.3 is 5.97 Å². The molecule has 0 atom stereocenters. The summed E-state index contributed by atoms with van der Waals surface area (Å²) in [6, 6.07) is 0. The Morgan fingerprint density at radius 1 is 1.50 bits per heavy atom. The van der Waals surface area contributed by atoms with Crippen molar-refractivity contribution in [2.45, 2.75) is 25.7 Å². The van der Waals surface area contributed by atoms with Crippen molar-refractivity contribution in [2.75, 3.05) is 20.2 Å². The summed E-state index contributed by atoms with van der Waals surface area (Å²) in [6.45, 7) is 4.55. The SMILES string of the molecule is C=CCN(CCC(=O)OC)C(=O)C1CCC1. The van der Waals surface area contributed by atoms with Gasteiger partial charge in [0.25, 0.3) is 0 Å². The van der Waals surface area contributed by atoms with Gasteiger partial charge in [0, 0.05) is 19.0 Å². The van der Waals surface area contributed by atoms with Crippen LogP contribution in [0.15, 0.2) is 12.7 Å².